The maximum Gasteiger partial charge on any atom is 0.242 e. The van der Waals surface area contributed by atoms with Crippen molar-refractivity contribution < 1.29 is 13.2 Å². The molecule has 1 amide bonds. The second-order valence-corrected chi connectivity index (χ2v) is 8.61. The molecule has 6 heteroatoms. The zero-order valence-corrected chi connectivity index (χ0v) is 17.0. The van der Waals surface area contributed by atoms with Crippen molar-refractivity contribution in [2.45, 2.75) is 43.9 Å². The standard InChI is InChI=1S/C21H28N2O3S/c1-4-6-16-23(3)27(25,26)19-14-12-18(13-15-19)22-21(24)20(5-2)17-10-8-7-9-11-17/h7-15,20H,4-6,16H2,1-3H3,(H,22,24). The first kappa shape index (κ1) is 21.1. The minimum atomic E-state index is -3.50. The van der Waals surface area contributed by atoms with Crippen LogP contribution < -0.4 is 5.32 Å². The molecule has 0 aliphatic heterocycles. The number of carbonyl (C=O) groups excluding carboxylic acids is 1. The van der Waals surface area contributed by atoms with E-state index in [1.807, 2.05) is 44.2 Å². The highest BCUT2D eigenvalue weighted by molar-refractivity contribution is 7.89. The molecule has 2 aromatic carbocycles. The van der Waals surface area contributed by atoms with Crippen molar-refractivity contribution in [2.75, 3.05) is 18.9 Å². The molecule has 0 aliphatic rings. The van der Waals surface area contributed by atoms with Crippen LogP contribution in [0.15, 0.2) is 59.5 Å². The minimum absolute atomic E-state index is 0.0978. The summed E-state index contributed by atoms with van der Waals surface area (Å²) < 4.78 is 26.5. The van der Waals surface area contributed by atoms with Crippen LogP contribution in [-0.2, 0) is 14.8 Å². The number of rotatable bonds is 9. The molecule has 1 N–H and O–H groups in total. The fourth-order valence-electron chi connectivity index (χ4n) is 2.88. The molecule has 1 unspecified atom stereocenters. The Balaban J connectivity index is 2.10. The van der Waals surface area contributed by atoms with Gasteiger partial charge in [-0.15, -0.1) is 0 Å². The Bertz CT molecular complexity index is 833. The maximum absolute atomic E-state index is 12.6. The zero-order valence-electron chi connectivity index (χ0n) is 16.2. The van der Waals surface area contributed by atoms with E-state index in [0.717, 1.165) is 18.4 Å². The fraction of sp³-hybridized carbons (Fsp3) is 0.381. The Morgan fingerprint density at radius 1 is 1.04 bits per heavy atom. The lowest BCUT2D eigenvalue weighted by atomic mass is 9.95. The average Bonchev–Trinajstić information content (AvgIpc) is 2.68. The van der Waals surface area contributed by atoms with Crippen molar-refractivity contribution in [2.24, 2.45) is 0 Å². The molecule has 0 bridgehead atoms. The molecule has 0 radical (unpaired) electrons. The molecular formula is C21H28N2O3S. The third-order valence-electron chi connectivity index (χ3n) is 4.58. The number of hydrogen-bond donors (Lipinski definition) is 1. The van der Waals surface area contributed by atoms with E-state index in [1.165, 1.54) is 16.4 Å². The normalized spacial score (nSPS) is 12.7. The van der Waals surface area contributed by atoms with Crippen LogP contribution in [0.1, 0.15) is 44.6 Å². The van der Waals surface area contributed by atoms with E-state index in [0.29, 0.717) is 18.7 Å². The number of nitrogens with zero attached hydrogens (tertiary/aromatic N) is 1. The molecule has 0 aromatic heterocycles. The van der Waals surface area contributed by atoms with Crippen LogP contribution >= 0.6 is 0 Å². The highest BCUT2D eigenvalue weighted by Gasteiger charge is 2.21. The molecule has 0 heterocycles. The molecule has 0 aliphatic carbocycles. The molecule has 2 rings (SSSR count). The number of carbonyl (C=O) groups is 1. The van der Waals surface area contributed by atoms with Crippen molar-refractivity contribution in [3.8, 4) is 0 Å². The van der Waals surface area contributed by atoms with E-state index in [2.05, 4.69) is 5.32 Å². The molecule has 5 nitrogen and oxygen atoms in total. The summed E-state index contributed by atoms with van der Waals surface area (Å²) in [6.07, 6.45) is 2.44. The number of sulfonamides is 1. The lowest BCUT2D eigenvalue weighted by Gasteiger charge is -2.18. The van der Waals surface area contributed by atoms with E-state index in [-0.39, 0.29) is 16.7 Å². The highest BCUT2D eigenvalue weighted by atomic mass is 32.2. The molecule has 0 saturated carbocycles. The Hall–Kier alpha value is -2.18. The molecule has 0 spiro atoms. The van der Waals surface area contributed by atoms with Gasteiger partial charge in [-0.2, -0.15) is 0 Å². The molecule has 2 aromatic rings. The van der Waals surface area contributed by atoms with Crippen molar-refractivity contribution in [3.63, 3.8) is 0 Å². The van der Waals surface area contributed by atoms with E-state index in [1.54, 1.807) is 19.2 Å². The van der Waals surface area contributed by atoms with E-state index < -0.39 is 10.0 Å². The molecule has 0 saturated heterocycles. The third-order valence-corrected chi connectivity index (χ3v) is 6.45. The average molecular weight is 389 g/mol. The second kappa shape index (κ2) is 9.67. The second-order valence-electron chi connectivity index (χ2n) is 6.57. The lowest BCUT2D eigenvalue weighted by molar-refractivity contribution is -0.117. The Morgan fingerprint density at radius 3 is 2.22 bits per heavy atom. The summed E-state index contributed by atoms with van der Waals surface area (Å²) in [5, 5.41) is 2.89. The lowest BCUT2D eigenvalue weighted by Crippen LogP contribution is -2.28. The summed E-state index contributed by atoms with van der Waals surface area (Å²) in [4.78, 5) is 12.8. The van der Waals surface area contributed by atoms with Crippen molar-refractivity contribution in [1.29, 1.82) is 0 Å². The van der Waals surface area contributed by atoms with Crippen molar-refractivity contribution in [1.82, 2.24) is 4.31 Å². The first-order chi connectivity index (χ1) is 12.9. The van der Waals surface area contributed by atoms with Crippen LogP contribution in [0.25, 0.3) is 0 Å². The van der Waals surface area contributed by atoms with E-state index in [4.69, 9.17) is 0 Å². The molecule has 27 heavy (non-hydrogen) atoms. The predicted molar refractivity (Wildman–Crippen MR) is 109 cm³/mol. The molecule has 0 fully saturated rings. The first-order valence-corrected chi connectivity index (χ1v) is 10.8. The van der Waals surface area contributed by atoms with Gasteiger partial charge in [0.2, 0.25) is 15.9 Å². The van der Waals surface area contributed by atoms with Gasteiger partial charge >= 0.3 is 0 Å². The van der Waals surface area contributed by atoms with Gasteiger partial charge in [0.05, 0.1) is 10.8 Å². The number of hydrogen-bond acceptors (Lipinski definition) is 3. The molecule has 1 atom stereocenters. The van der Waals surface area contributed by atoms with Gasteiger partial charge in [0.15, 0.2) is 0 Å². The molecule has 146 valence electrons. The van der Waals surface area contributed by atoms with Crippen molar-refractivity contribution in [3.05, 3.63) is 60.2 Å². The summed E-state index contributed by atoms with van der Waals surface area (Å²) in [5.74, 6) is -0.339. The van der Waals surface area contributed by atoms with Gasteiger partial charge in [0.1, 0.15) is 0 Å². The number of amides is 1. The zero-order chi connectivity index (χ0) is 19.9. The maximum atomic E-state index is 12.6. The van der Waals surface area contributed by atoms with Crippen LogP contribution in [0.5, 0.6) is 0 Å². The predicted octanol–water partition coefficient (Wildman–Crippen LogP) is 4.24. The number of anilines is 1. The SMILES string of the molecule is CCCCN(C)S(=O)(=O)c1ccc(NC(=O)C(CC)c2ccccc2)cc1. The topological polar surface area (TPSA) is 66.5 Å². The van der Waals surface area contributed by atoms with Gasteiger partial charge in [-0.3, -0.25) is 4.79 Å². The summed E-state index contributed by atoms with van der Waals surface area (Å²) >= 11 is 0. The number of unbranched alkanes of at least 4 members (excludes halogenated alkanes) is 1. The summed E-state index contributed by atoms with van der Waals surface area (Å²) in [6.45, 7) is 4.49. The largest absolute Gasteiger partial charge is 0.326 e. The van der Waals surface area contributed by atoms with E-state index in [9.17, 15) is 13.2 Å². The van der Waals surface area contributed by atoms with Gasteiger partial charge in [0.25, 0.3) is 0 Å². The van der Waals surface area contributed by atoms with Crippen LogP contribution in [-0.4, -0.2) is 32.2 Å². The summed E-state index contributed by atoms with van der Waals surface area (Å²) in [6, 6.07) is 16.0. The number of nitrogens with one attached hydrogen (secondary N) is 1. The third kappa shape index (κ3) is 5.40. The van der Waals surface area contributed by atoms with Crippen LogP contribution in [0, 0.1) is 0 Å². The molecular weight excluding hydrogens is 360 g/mol. The van der Waals surface area contributed by atoms with Gasteiger partial charge in [-0.1, -0.05) is 50.6 Å². The van der Waals surface area contributed by atoms with E-state index >= 15 is 0 Å². The minimum Gasteiger partial charge on any atom is -0.326 e. The van der Waals surface area contributed by atoms with Crippen LogP contribution in [0.4, 0.5) is 5.69 Å². The van der Waals surface area contributed by atoms with Gasteiger partial charge in [0, 0.05) is 19.3 Å². The summed E-state index contributed by atoms with van der Waals surface area (Å²) in [7, 11) is -1.91. The Kier molecular flexibility index (Phi) is 7.56. The fourth-order valence-corrected chi connectivity index (χ4v) is 4.09. The highest BCUT2D eigenvalue weighted by Crippen LogP contribution is 2.23. The smallest absolute Gasteiger partial charge is 0.242 e. The van der Waals surface area contributed by atoms with Crippen molar-refractivity contribution >= 4 is 21.6 Å². The Labute approximate surface area is 162 Å². The van der Waals surface area contributed by atoms with Crippen LogP contribution in [0.2, 0.25) is 0 Å². The monoisotopic (exact) mass is 388 g/mol. The van der Waals surface area contributed by atoms with Gasteiger partial charge in [-0.25, -0.2) is 12.7 Å². The van der Waals surface area contributed by atoms with Crippen LogP contribution in [0.3, 0.4) is 0 Å². The summed E-state index contributed by atoms with van der Waals surface area (Å²) in [5.41, 5.74) is 1.55. The Morgan fingerprint density at radius 2 is 1.67 bits per heavy atom. The van der Waals surface area contributed by atoms with Gasteiger partial charge < -0.3 is 5.32 Å². The quantitative estimate of drug-likeness (QED) is 0.699. The van der Waals surface area contributed by atoms with Gasteiger partial charge in [-0.05, 0) is 42.7 Å². The number of benzene rings is 2. The first-order valence-electron chi connectivity index (χ1n) is 9.32.